The molecule has 3 aliphatic rings. The number of urea groups is 1. The fraction of sp³-hybridized carbons (Fsp3) is 0.259. The Bertz CT molecular complexity index is 1220. The van der Waals surface area contributed by atoms with Crippen LogP contribution in [0.4, 0.5) is 4.79 Å². The van der Waals surface area contributed by atoms with Gasteiger partial charge >= 0.3 is 12.0 Å². The molecule has 1 N–H and O–H groups in total. The van der Waals surface area contributed by atoms with Gasteiger partial charge in [-0.05, 0) is 54.9 Å². The topological polar surface area (TPSA) is 92.8 Å². The number of nitrogens with one attached hydrogen (secondary N) is 1. The minimum absolute atomic E-state index is 0.147. The van der Waals surface area contributed by atoms with Crippen LogP contribution in [0.15, 0.2) is 66.2 Å². The molecule has 7 nitrogen and oxygen atoms in total. The number of carbonyl (C=O) groups excluding carboxylic acids is 4. The van der Waals surface area contributed by atoms with Crippen LogP contribution in [0.3, 0.4) is 0 Å². The number of hydrogen-bond acceptors (Lipinski definition) is 5. The molecule has 1 saturated heterocycles. The highest BCUT2D eigenvalue weighted by Gasteiger charge is 2.49. The third-order valence-corrected chi connectivity index (χ3v) is 6.81. The van der Waals surface area contributed by atoms with Gasteiger partial charge in [-0.3, -0.25) is 19.8 Å². The number of benzene rings is 2. The summed E-state index contributed by atoms with van der Waals surface area (Å²) in [6, 6.07) is 15.1. The van der Waals surface area contributed by atoms with E-state index in [9.17, 15) is 19.2 Å². The van der Waals surface area contributed by atoms with Gasteiger partial charge in [-0.1, -0.05) is 55.0 Å². The van der Waals surface area contributed by atoms with E-state index in [1.807, 2.05) is 30.3 Å². The van der Waals surface area contributed by atoms with Crippen molar-refractivity contribution in [1.29, 1.82) is 0 Å². The fourth-order valence-electron chi connectivity index (χ4n) is 5.22. The van der Waals surface area contributed by atoms with Gasteiger partial charge in [-0.2, -0.15) is 0 Å². The van der Waals surface area contributed by atoms with Crippen LogP contribution in [0.5, 0.6) is 5.75 Å². The van der Waals surface area contributed by atoms with E-state index < -0.39 is 23.8 Å². The molecule has 2 saturated carbocycles. The van der Waals surface area contributed by atoms with E-state index in [4.69, 9.17) is 4.74 Å². The van der Waals surface area contributed by atoms with Crippen LogP contribution in [-0.2, 0) is 14.4 Å². The zero-order valence-electron chi connectivity index (χ0n) is 18.5. The number of rotatable bonds is 5. The first kappa shape index (κ1) is 21.8. The highest BCUT2D eigenvalue weighted by atomic mass is 16.5. The average molecular weight is 456 g/mol. The molecule has 172 valence electrons. The van der Waals surface area contributed by atoms with E-state index in [-0.39, 0.29) is 17.4 Å². The molecule has 0 radical (unpaired) electrons. The molecule has 2 bridgehead atoms. The summed E-state index contributed by atoms with van der Waals surface area (Å²) in [5.74, 6) is -0.908. The van der Waals surface area contributed by atoms with Crippen molar-refractivity contribution in [2.75, 3.05) is 0 Å². The summed E-state index contributed by atoms with van der Waals surface area (Å²) in [7, 11) is 0. The van der Waals surface area contributed by atoms with Gasteiger partial charge in [0, 0.05) is 17.7 Å². The number of barbiturate groups is 1. The van der Waals surface area contributed by atoms with E-state index in [2.05, 4.69) is 5.32 Å². The zero-order chi connectivity index (χ0) is 23.7. The molecule has 1 heterocycles. The molecular weight excluding hydrogens is 432 g/mol. The molecule has 34 heavy (non-hydrogen) atoms. The average Bonchev–Trinajstić information content (AvgIpc) is 3.46. The van der Waals surface area contributed by atoms with Crippen molar-refractivity contribution in [3.8, 4) is 5.75 Å². The van der Waals surface area contributed by atoms with Gasteiger partial charge in [-0.25, -0.2) is 9.59 Å². The van der Waals surface area contributed by atoms with E-state index in [0.717, 1.165) is 31.2 Å². The Morgan fingerprint density at radius 2 is 1.74 bits per heavy atom. The van der Waals surface area contributed by atoms with Gasteiger partial charge < -0.3 is 4.74 Å². The van der Waals surface area contributed by atoms with Crippen molar-refractivity contribution >= 4 is 36.0 Å². The van der Waals surface area contributed by atoms with E-state index in [1.165, 1.54) is 17.1 Å². The van der Waals surface area contributed by atoms with Gasteiger partial charge in [0.2, 0.25) is 0 Å². The molecule has 2 aliphatic carbocycles. The van der Waals surface area contributed by atoms with Gasteiger partial charge in [-0.15, -0.1) is 0 Å². The minimum Gasteiger partial charge on any atom is -0.423 e. The number of ether oxygens (including phenoxy) is 1. The molecule has 5 rings (SSSR count). The maximum absolute atomic E-state index is 13.3. The van der Waals surface area contributed by atoms with Crippen LogP contribution < -0.4 is 10.1 Å². The SMILES string of the molecule is O=C(/C=C/c1ccccc1)Oc1ccccc1/C=C1/C(=O)NC(=O)N([C@H]2C[C@H]3CC[C@H]2C3)C1=O. The number of esters is 1. The summed E-state index contributed by atoms with van der Waals surface area (Å²) in [5, 5.41) is 2.31. The number of fused-ring (bicyclic) bond motifs is 2. The Labute approximate surface area is 197 Å². The number of nitrogens with zero attached hydrogens (tertiary/aromatic N) is 1. The van der Waals surface area contributed by atoms with Crippen molar-refractivity contribution in [2.24, 2.45) is 11.8 Å². The largest absolute Gasteiger partial charge is 0.423 e. The second kappa shape index (κ2) is 9.09. The van der Waals surface area contributed by atoms with Crippen LogP contribution in [-0.4, -0.2) is 34.8 Å². The third kappa shape index (κ3) is 4.29. The molecule has 0 aromatic heterocycles. The standard InChI is InChI=1S/C27H24N2O5/c30-24(13-11-17-6-2-1-3-7-17)34-23-9-5-4-8-20(23)16-21-25(31)28-27(33)29(26(21)32)22-15-18-10-12-19(22)14-18/h1-9,11,13,16,18-19,22H,10,12,14-15H2,(H,28,31,33)/b13-11+,21-16-/t18-,19-,22-/m0/s1. The van der Waals surface area contributed by atoms with Gasteiger partial charge in [0.15, 0.2) is 0 Å². The van der Waals surface area contributed by atoms with Crippen LogP contribution in [0.2, 0.25) is 0 Å². The Balaban J connectivity index is 1.38. The van der Waals surface area contributed by atoms with Gasteiger partial charge in [0.1, 0.15) is 11.3 Å². The molecule has 2 aromatic rings. The van der Waals surface area contributed by atoms with Gasteiger partial charge in [0.05, 0.1) is 0 Å². The predicted molar refractivity (Wildman–Crippen MR) is 125 cm³/mol. The lowest BCUT2D eigenvalue weighted by atomic mass is 9.93. The van der Waals surface area contributed by atoms with Crippen molar-refractivity contribution in [2.45, 2.75) is 31.7 Å². The van der Waals surface area contributed by atoms with Crippen LogP contribution in [0, 0.1) is 11.8 Å². The highest BCUT2D eigenvalue weighted by Crippen LogP contribution is 2.47. The first-order valence-electron chi connectivity index (χ1n) is 11.4. The highest BCUT2D eigenvalue weighted by molar-refractivity contribution is 6.31. The molecule has 0 spiro atoms. The van der Waals surface area contributed by atoms with E-state index in [1.54, 1.807) is 30.3 Å². The molecular formula is C27H24N2O5. The number of hydrogen-bond donors (Lipinski definition) is 1. The molecule has 7 heteroatoms. The summed E-state index contributed by atoms with van der Waals surface area (Å²) in [4.78, 5) is 52.0. The summed E-state index contributed by atoms with van der Waals surface area (Å²) >= 11 is 0. The summed E-state index contributed by atoms with van der Waals surface area (Å²) in [6.07, 6.45) is 8.26. The lowest BCUT2D eigenvalue weighted by molar-refractivity contribution is -0.132. The summed E-state index contributed by atoms with van der Waals surface area (Å²) < 4.78 is 5.47. The minimum atomic E-state index is -0.750. The van der Waals surface area contributed by atoms with Crippen molar-refractivity contribution in [3.05, 3.63) is 77.4 Å². The second-order valence-corrected chi connectivity index (χ2v) is 8.94. The Hall–Kier alpha value is -4.00. The summed E-state index contributed by atoms with van der Waals surface area (Å²) in [5.41, 5.74) is 1.10. The van der Waals surface area contributed by atoms with Crippen LogP contribution in [0.1, 0.15) is 36.8 Å². The molecule has 0 unspecified atom stereocenters. The smallest absolute Gasteiger partial charge is 0.336 e. The van der Waals surface area contributed by atoms with Crippen molar-refractivity contribution in [3.63, 3.8) is 0 Å². The van der Waals surface area contributed by atoms with Crippen LogP contribution >= 0.6 is 0 Å². The fourth-order valence-corrected chi connectivity index (χ4v) is 5.22. The first-order valence-corrected chi connectivity index (χ1v) is 11.4. The normalized spacial score (nSPS) is 25.3. The maximum atomic E-state index is 13.3. The maximum Gasteiger partial charge on any atom is 0.336 e. The molecule has 3 fully saturated rings. The number of carbonyl (C=O) groups is 4. The first-order chi connectivity index (χ1) is 16.5. The number of para-hydroxylation sites is 1. The quantitative estimate of drug-likeness (QED) is 0.318. The molecule has 4 amide bonds. The monoisotopic (exact) mass is 456 g/mol. The third-order valence-electron chi connectivity index (χ3n) is 6.81. The number of amides is 4. The Morgan fingerprint density at radius 3 is 2.47 bits per heavy atom. The molecule has 3 atom stereocenters. The molecule has 2 aromatic carbocycles. The Morgan fingerprint density at radius 1 is 0.971 bits per heavy atom. The van der Waals surface area contributed by atoms with E-state index in [0.29, 0.717) is 17.4 Å². The number of imide groups is 2. The Kier molecular flexibility index (Phi) is 5.84. The lowest BCUT2D eigenvalue weighted by Gasteiger charge is -2.35. The predicted octanol–water partition coefficient (Wildman–Crippen LogP) is 3.96. The zero-order valence-corrected chi connectivity index (χ0v) is 18.5. The van der Waals surface area contributed by atoms with Crippen LogP contribution in [0.25, 0.3) is 12.2 Å². The van der Waals surface area contributed by atoms with Crippen molar-refractivity contribution < 1.29 is 23.9 Å². The summed E-state index contributed by atoms with van der Waals surface area (Å²) in [6.45, 7) is 0. The van der Waals surface area contributed by atoms with E-state index >= 15 is 0 Å². The van der Waals surface area contributed by atoms with Gasteiger partial charge in [0.25, 0.3) is 11.8 Å². The molecule has 1 aliphatic heterocycles. The second-order valence-electron chi connectivity index (χ2n) is 8.94. The lowest BCUT2D eigenvalue weighted by Crippen LogP contribution is -2.58. The van der Waals surface area contributed by atoms with Crippen molar-refractivity contribution in [1.82, 2.24) is 10.2 Å².